The van der Waals surface area contributed by atoms with Crippen LogP contribution in [-0.4, -0.2) is 24.8 Å². The molecule has 0 saturated carbocycles. The van der Waals surface area contributed by atoms with E-state index < -0.39 is 6.61 Å². The van der Waals surface area contributed by atoms with Gasteiger partial charge in [-0.15, -0.1) is 0 Å². The van der Waals surface area contributed by atoms with Crippen molar-refractivity contribution in [2.45, 2.75) is 20.0 Å². The first kappa shape index (κ1) is 17.6. The minimum Gasteiger partial charge on any atom is -0.485 e. The number of rotatable bonds is 8. The summed E-state index contributed by atoms with van der Waals surface area (Å²) in [4.78, 5) is 23.5. The summed E-state index contributed by atoms with van der Waals surface area (Å²) in [5.41, 5.74) is 0.917. The maximum Gasteiger partial charge on any atom is 0.387 e. The summed E-state index contributed by atoms with van der Waals surface area (Å²) in [5, 5.41) is 0. The number of alkyl halides is 2. The first-order chi connectivity index (χ1) is 11.5. The molecule has 0 aliphatic rings. The summed E-state index contributed by atoms with van der Waals surface area (Å²) < 4.78 is 33.7. The summed E-state index contributed by atoms with van der Waals surface area (Å²) in [6.07, 6.45) is 0.421. The van der Waals surface area contributed by atoms with Crippen LogP contribution >= 0.6 is 0 Å². The SMILES string of the molecule is CCC(=O)c1ccc(OCC(=O)c2ccc(OC(F)F)cc2)cc1. The highest BCUT2D eigenvalue weighted by Gasteiger charge is 2.09. The van der Waals surface area contributed by atoms with Gasteiger partial charge in [-0.3, -0.25) is 9.59 Å². The molecule has 2 aromatic rings. The highest BCUT2D eigenvalue weighted by molar-refractivity contribution is 5.97. The van der Waals surface area contributed by atoms with Crippen LogP contribution < -0.4 is 9.47 Å². The Morgan fingerprint density at radius 1 is 0.875 bits per heavy atom. The van der Waals surface area contributed by atoms with Crippen LogP contribution in [-0.2, 0) is 0 Å². The third-order valence-electron chi connectivity index (χ3n) is 3.27. The molecule has 6 heteroatoms. The molecule has 4 nitrogen and oxygen atoms in total. The van der Waals surface area contributed by atoms with Crippen LogP contribution in [0, 0.1) is 0 Å². The van der Waals surface area contributed by atoms with Crippen molar-refractivity contribution in [3.05, 3.63) is 59.7 Å². The fraction of sp³-hybridized carbons (Fsp3) is 0.222. The molecule has 2 rings (SSSR count). The van der Waals surface area contributed by atoms with E-state index in [2.05, 4.69) is 4.74 Å². The number of halogens is 2. The number of benzene rings is 2. The van der Waals surface area contributed by atoms with Gasteiger partial charge in [0.2, 0.25) is 0 Å². The van der Waals surface area contributed by atoms with E-state index in [0.29, 0.717) is 23.3 Å². The molecule has 126 valence electrons. The zero-order valence-corrected chi connectivity index (χ0v) is 13.0. The summed E-state index contributed by atoms with van der Waals surface area (Å²) in [7, 11) is 0. The van der Waals surface area contributed by atoms with Gasteiger partial charge in [0.25, 0.3) is 0 Å². The molecule has 0 atom stereocenters. The number of hydrogen-bond donors (Lipinski definition) is 0. The molecule has 0 N–H and O–H groups in total. The maximum absolute atomic E-state index is 12.1. The summed E-state index contributed by atoms with van der Waals surface area (Å²) in [6.45, 7) is -1.32. The van der Waals surface area contributed by atoms with Crippen LogP contribution in [0.1, 0.15) is 34.1 Å². The Labute approximate surface area is 138 Å². The summed E-state index contributed by atoms with van der Waals surface area (Å²) in [6, 6.07) is 11.9. The van der Waals surface area contributed by atoms with Gasteiger partial charge in [-0.1, -0.05) is 6.92 Å². The minimum absolute atomic E-state index is 0.0151. The van der Waals surface area contributed by atoms with Gasteiger partial charge in [0.05, 0.1) is 0 Å². The van der Waals surface area contributed by atoms with Gasteiger partial charge < -0.3 is 9.47 Å². The van der Waals surface area contributed by atoms with E-state index in [1.54, 1.807) is 31.2 Å². The lowest BCUT2D eigenvalue weighted by molar-refractivity contribution is -0.0498. The third kappa shape index (κ3) is 4.87. The predicted octanol–water partition coefficient (Wildman–Crippen LogP) is 4.14. The van der Waals surface area contributed by atoms with E-state index in [-0.39, 0.29) is 23.9 Å². The zero-order chi connectivity index (χ0) is 17.5. The van der Waals surface area contributed by atoms with Crippen molar-refractivity contribution in [2.24, 2.45) is 0 Å². The highest BCUT2D eigenvalue weighted by Crippen LogP contribution is 2.17. The normalized spacial score (nSPS) is 10.5. The smallest absolute Gasteiger partial charge is 0.387 e. The fourth-order valence-corrected chi connectivity index (χ4v) is 2.00. The maximum atomic E-state index is 12.1. The Hall–Kier alpha value is -2.76. The molecule has 2 aromatic carbocycles. The van der Waals surface area contributed by atoms with Gasteiger partial charge >= 0.3 is 6.61 Å². The average molecular weight is 334 g/mol. The number of ketones is 2. The molecule has 0 heterocycles. The largest absolute Gasteiger partial charge is 0.485 e. The zero-order valence-electron chi connectivity index (χ0n) is 13.0. The molecule has 0 saturated heterocycles. The summed E-state index contributed by atoms with van der Waals surface area (Å²) in [5.74, 6) is 0.184. The van der Waals surface area contributed by atoms with Crippen molar-refractivity contribution < 1.29 is 27.8 Å². The third-order valence-corrected chi connectivity index (χ3v) is 3.27. The quantitative estimate of drug-likeness (QED) is 0.681. The van der Waals surface area contributed by atoms with Crippen LogP contribution in [0.15, 0.2) is 48.5 Å². The van der Waals surface area contributed by atoms with Crippen molar-refractivity contribution in [1.82, 2.24) is 0 Å². The Morgan fingerprint density at radius 2 is 1.38 bits per heavy atom. The molecule has 0 aliphatic carbocycles. The molecule has 0 amide bonds. The molecule has 0 aromatic heterocycles. The number of carbonyl (C=O) groups is 2. The standard InChI is InChI=1S/C18H16F2O4/c1-2-16(21)12-3-7-14(8-4-12)23-11-17(22)13-5-9-15(10-6-13)24-18(19)20/h3-10,18H,2,11H2,1H3. The van der Waals surface area contributed by atoms with Crippen molar-refractivity contribution in [3.8, 4) is 11.5 Å². The topological polar surface area (TPSA) is 52.6 Å². The average Bonchev–Trinajstić information content (AvgIpc) is 2.59. The fourth-order valence-electron chi connectivity index (χ4n) is 2.00. The number of Topliss-reactive ketones (excluding diaryl/α,β-unsaturated/α-hetero) is 2. The molecular formula is C18H16F2O4. The summed E-state index contributed by atoms with van der Waals surface area (Å²) >= 11 is 0. The lowest BCUT2D eigenvalue weighted by Gasteiger charge is -2.07. The van der Waals surface area contributed by atoms with Gasteiger partial charge in [-0.05, 0) is 48.5 Å². The van der Waals surface area contributed by atoms with Gasteiger partial charge in [0, 0.05) is 17.5 Å². The molecule has 0 fully saturated rings. The van der Waals surface area contributed by atoms with Crippen molar-refractivity contribution >= 4 is 11.6 Å². The molecule has 0 unspecified atom stereocenters. The van der Waals surface area contributed by atoms with E-state index in [4.69, 9.17) is 4.74 Å². The van der Waals surface area contributed by atoms with Gasteiger partial charge in [-0.25, -0.2) is 0 Å². The number of carbonyl (C=O) groups excluding carboxylic acids is 2. The highest BCUT2D eigenvalue weighted by atomic mass is 19.3. The monoisotopic (exact) mass is 334 g/mol. The Kier molecular flexibility index (Phi) is 6.01. The van der Waals surface area contributed by atoms with Crippen LogP contribution in [0.5, 0.6) is 11.5 Å². The van der Waals surface area contributed by atoms with Crippen LogP contribution in [0.4, 0.5) is 8.78 Å². The number of hydrogen-bond acceptors (Lipinski definition) is 4. The van der Waals surface area contributed by atoms with E-state index in [0.717, 1.165) is 0 Å². The Morgan fingerprint density at radius 3 is 1.88 bits per heavy atom. The second-order valence-electron chi connectivity index (χ2n) is 4.92. The van der Waals surface area contributed by atoms with E-state index >= 15 is 0 Å². The second-order valence-corrected chi connectivity index (χ2v) is 4.92. The minimum atomic E-state index is -2.91. The lowest BCUT2D eigenvalue weighted by Crippen LogP contribution is -2.11. The van der Waals surface area contributed by atoms with Gasteiger partial charge in [0.15, 0.2) is 18.2 Å². The first-order valence-electron chi connectivity index (χ1n) is 7.33. The predicted molar refractivity (Wildman–Crippen MR) is 84.0 cm³/mol. The van der Waals surface area contributed by atoms with E-state index in [1.807, 2.05) is 0 Å². The van der Waals surface area contributed by atoms with Crippen molar-refractivity contribution in [3.63, 3.8) is 0 Å². The first-order valence-corrected chi connectivity index (χ1v) is 7.33. The van der Waals surface area contributed by atoms with Crippen LogP contribution in [0.25, 0.3) is 0 Å². The van der Waals surface area contributed by atoms with Crippen LogP contribution in [0.2, 0.25) is 0 Å². The number of ether oxygens (including phenoxy) is 2. The van der Waals surface area contributed by atoms with E-state index in [1.165, 1.54) is 24.3 Å². The molecule has 24 heavy (non-hydrogen) atoms. The molecule has 0 aliphatic heterocycles. The molecule has 0 radical (unpaired) electrons. The Bertz CT molecular complexity index is 694. The van der Waals surface area contributed by atoms with Crippen LogP contribution in [0.3, 0.4) is 0 Å². The van der Waals surface area contributed by atoms with Gasteiger partial charge in [0.1, 0.15) is 11.5 Å². The van der Waals surface area contributed by atoms with Gasteiger partial charge in [-0.2, -0.15) is 8.78 Å². The molecule has 0 spiro atoms. The Balaban J connectivity index is 1.91. The molecular weight excluding hydrogens is 318 g/mol. The second kappa shape index (κ2) is 8.19. The molecule has 0 bridgehead atoms. The lowest BCUT2D eigenvalue weighted by atomic mass is 10.1. The van der Waals surface area contributed by atoms with Crippen molar-refractivity contribution in [2.75, 3.05) is 6.61 Å². The van der Waals surface area contributed by atoms with E-state index in [9.17, 15) is 18.4 Å². The van der Waals surface area contributed by atoms with Crippen molar-refractivity contribution in [1.29, 1.82) is 0 Å².